The Morgan fingerprint density at radius 2 is 2.17 bits per heavy atom. The van der Waals surface area contributed by atoms with Gasteiger partial charge in [-0.05, 0) is 43.2 Å². The van der Waals surface area contributed by atoms with Crippen molar-refractivity contribution in [3.05, 3.63) is 41.1 Å². The van der Waals surface area contributed by atoms with Gasteiger partial charge in [-0.25, -0.2) is 4.68 Å². The third-order valence-corrected chi connectivity index (χ3v) is 5.14. The van der Waals surface area contributed by atoms with Crippen molar-refractivity contribution in [2.24, 2.45) is 5.92 Å². The lowest BCUT2D eigenvalue weighted by Gasteiger charge is -2.26. The standard InChI is InChI=1S/C18H22N4O/c1-11-6-7-16-14(10-11)17(19)21-22(16)18(23)13-8-9-20-15-5-3-2-4-12(13)15/h2-5,11,13,20H,6-10H2,1H3,(H2,19,21)/t11?,13-/m1/s1. The molecule has 23 heavy (non-hydrogen) atoms. The number of hydrogen-bond donors (Lipinski definition) is 2. The third kappa shape index (κ3) is 2.31. The van der Waals surface area contributed by atoms with Gasteiger partial charge in [0, 0.05) is 17.8 Å². The summed E-state index contributed by atoms with van der Waals surface area (Å²) in [5, 5.41) is 7.76. The summed E-state index contributed by atoms with van der Waals surface area (Å²) in [5.41, 5.74) is 10.3. The van der Waals surface area contributed by atoms with Crippen LogP contribution in [-0.2, 0) is 12.8 Å². The number of carbonyl (C=O) groups excluding carboxylic acids is 1. The SMILES string of the molecule is CC1CCc2c(c(N)nn2C(=O)[C@@H]2CCNc3ccccc32)C1. The number of nitrogens with two attached hydrogens (primary N) is 1. The van der Waals surface area contributed by atoms with Crippen LogP contribution >= 0.6 is 0 Å². The molecule has 2 heterocycles. The van der Waals surface area contributed by atoms with Crippen molar-refractivity contribution in [1.82, 2.24) is 9.78 Å². The van der Waals surface area contributed by atoms with E-state index in [9.17, 15) is 4.79 Å². The van der Waals surface area contributed by atoms with Crippen LogP contribution in [0.3, 0.4) is 0 Å². The topological polar surface area (TPSA) is 72.9 Å². The van der Waals surface area contributed by atoms with Crippen LogP contribution in [0.5, 0.6) is 0 Å². The highest BCUT2D eigenvalue weighted by Crippen LogP contribution is 2.35. The number of anilines is 2. The number of hydrogen-bond acceptors (Lipinski definition) is 4. The highest BCUT2D eigenvalue weighted by molar-refractivity contribution is 5.89. The van der Waals surface area contributed by atoms with Gasteiger partial charge in [-0.3, -0.25) is 4.79 Å². The van der Waals surface area contributed by atoms with Crippen molar-refractivity contribution in [3.63, 3.8) is 0 Å². The van der Waals surface area contributed by atoms with Crippen LogP contribution in [0, 0.1) is 5.92 Å². The summed E-state index contributed by atoms with van der Waals surface area (Å²) in [5.74, 6) is 1.05. The Labute approximate surface area is 135 Å². The van der Waals surface area contributed by atoms with E-state index in [1.54, 1.807) is 4.68 Å². The molecular weight excluding hydrogens is 288 g/mol. The van der Waals surface area contributed by atoms with Crippen LogP contribution in [0.4, 0.5) is 11.5 Å². The fraction of sp³-hybridized carbons (Fsp3) is 0.444. The highest BCUT2D eigenvalue weighted by Gasteiger charge is 2.32. The minimum atomic E-state index is -0.143. The highest BCUT2D eigenvalue weighted by atomic mass is 16.2. The number of carbonyl (C=O) groups is 1. The molecule has 2 aliphatic rings. The van der Waals surface area contributed by atoms with Crippen LogP contribution in [0.15, 0.2) is 24.3 Å². The van der Waals surface area contributed by atoms with Crippen LogP contribution in [-0.4, -0.2) is 22.2 Å². The van der Waals surface area contributed by atoms with Gasteiger partial charge in [0.1, 0.15) is 5.82 Å². The normalized spacial score (nSPS) is 22.8. The zero-order valence-electron chi connectivity index (χ0n) is 13.4. The second-order valence-corrected chi connectivity index (χ2v) is 6.76. The lowest BCUT2D eigenvalue weighted by molar-refractivity contribution is 0.0852. The van der Waals surface area contributed by atoms with E-state index < -0.39 is 0 Å². The molecule has 0 saturated heterocycles. The summed E-state index contributed by atoms with van der Waals surface area (Å²) >= 11 is 0. The average molecular weight is 310 g/mol. The molecule has 5 heteroatoms. The molecule has 120 valence electrons. The first-order valence-corrected chi connectivity index (χ1v) is 8.38. The molecular formula is C18H22N4O. The molecule has 2 aromatic rings. The van der Waals surface area contributed by atoms with Gasteiger partial charge in [-0.2, -0.15) is 0 Å². The van der Waals surface area contributed by atoms with E-state index in [0.717, 1.165) is 54.7 Å². The third-order valence-electron chi connectivity index (χ3n) is 5.14. The lowest BCUT2D eigenvalue weighted by Crippen LogP contribution is -2.29. The average Bonchev–Trinajstić information content (AvgIpc) is 2.90. The molecule has 0 bridgehead atoms. The van der Waals surface area contributed by atoms with E-state index in [1.165, 1.54) is 0 Å². The second-order valence-electron chi connectivity index (χ2n) is 6.76. The predicted octanol–water partition coefficient (Wildman–Crippen LogP) is 2.83. The van der Waals surface area contributed by atoms with E-state index in [2.05, 4.69) is 17.3 Å². The summed E-state index contributed by atoms with van der Waals surface area (Å²) in [7, 11) is 0. The number of para-hydroxylation sites is 1. The molecule has 0 saturated carbocycles. The Hall–Kier alpha value is -2.30. The molecule has 2 atom stereocenters. The summed E-state index contributed by atoms with van der Waals surface area (Å²) in [6, 6.07) is 8.05. The first kappa shape index (κ1) is 14.3. The maximum atomic E-state index is 13.1. The Bertz CT molecular complexity index is 764. The van der Waals surface area contributed by atoms with Crippen molar-refractivity contribution in [1.29, 1.82) is 0 Å². The van der Waals surface area contributed by atoms with Crippen LogP contribution in [0.25, 0.3) is 0 Å². The minimum absolute atomic E-state index is 0.0569. The number of nitrogens with one attached hydrogen (secondary N) is 1. The molecule has 5 nitrogen and oxygen atoms in total. The number of nitrogen functional groups attached to an aromatic ring is 1. The molecule has 3 N–H and O–H groups in total. The van der Waals surface area contributed by atoms with E-state index in [0.29, 0.717) is 11.7 Å². The largest absolute Gasteiger partial charge is 0.385 e. The van der Waals surface area contributed by atoms with Crippen molar-refractivity contribution in [2.75, 3.05) is 17.6 Å². The summed E-state index contributed by atoms with van der Waals surface area (Å²) in [4.78, 5) is 13.1. The van der Waals surface area contributed by atoms with E-state index in [4.69, 9.17) is 5.73 Å². The predicted molar refractivity (Wildman–Crippen MR) is 90.7 cm³/mol. The number of benzene rings is 1. The Morgan fingerprint density at radius 3 is 3.04 bits per heavy atom. The van der Waals surface area contributed by atoms with Gasteiger partial charge in [-0.1, -0.05) is 25.1 Å². The fourth-order valence-electron chi connectivity index (χ4n) is 3.87. The molecule has 1 aliphatic carbocycles. The monoisotopic (exact) mass is 310 g/mol. The Morgan fingerprint density at radius 1 is 1.35 bits per heavy atom. The van der Waals surface area contributed by atoms with Gasteiger partial charge in [0.15, 0.2) is 0 Å². The van der Waals surface area contributed by atoms with Crippen LogP contribution in [0.1, 0.15) is 47.3 Å². The molecule has 0 radical (unpaired) electrons. The number of nitrogens with zero attached hydrogens (tertiary/aromatic N) is 2. The minimum Gasteiger partial charge on any atom is -0.385 e. The summed E-state index contributed by atoms with van der Waals surface area (Å²) < 4.78 is 1.60. The number of aromatic nitrogens is 2. The lowest BCUT2D eigenvalue weighted by atomic mass is 9.87. The van der Waals surface area contributed by atoms with Gasteiger partial charge in [0.2, 0.25) is 0 Å². The molecule has 1 aliphatic heterocycles. The Kier molecular flexibility index (Phi) is 3.36. The zero-order valence-corrected chi connectivity index (χ0v) is 13.4. The smallest absolute Gasteiger partial charge is 0.254 e. The van der Waals surface area contributed by atoms with Gasteiger partial charge in [-0.15, -0.1) is 5.10 Å². The first-order chi connectivity index (χ1) is 11.1. The molecule has 1 unspecified atom stereocenters. The van der Waals surface area contributed by atoms with Gasteiger partial charge >= 0.3 is 0 Å². The molecule has 1 aromatic carbocycles. The second kappa shape index (κ2) is 5.41. The van der Waals surface area contributed by atoms with Crippen LogP contribution < -0.4 is 11.1 Å². The maximum Gasteiger partial charge on any atom is 0.254 e. The van der Waals surface area contributed by atoms with Gasteiger partial charge in [0.05, 0.1) is 11.6 Å². The van der Waals surface area contributed by atoms with Crippen molar-refractivity contribution < 1.29 is 4.79 Å². The quantitative estimate of drug-likeness (QED) is 0.849. The van der Waals surface area contributed by atoms with Crippen molar-refractivity contribution >= 4 is 17.4 Å². The van der Waals surface area contributed by atoms with Crippen LogP contribution in [0.2, 0.25) is 0 Å². The van der Waals surface area contributed by atoms with Gasteiger partial charge in [0.25, 0.3) is 5.91 Å². The first-order valence-electron chi connectivity index (χ1n) is 8.38. The maximum absolute atomic E-state index is 13.1. The summed E-state index contributed by atoms with van der Waals surface area (Å²) in [6.07, 6.45) is 3.70. The number of fused-ring (bicyclic) bond motifs is 2. The van der Waals surface area contributed by atoms with E-state index >= 15 is 0 Å². The van der Waals surface area contributed by atoms with Crippen molar-refractivity contribution in [3.8, 4) is 0 Å². The molecule has 0 fully saturated rings. The fourth-order valence-corrected chi connectivity index (χ4v) is 3.87. The molecule has 1 aromatic heterocycles. The Balaban J connectivity index is 1.73. The molecule has 0 spiro atoms. The zero-order chi connectivity index (χ0) is 16.0. The summed E-state index contributed by atoms with van der Waals surface area (Å²) in [6.45, 7) is 3.04. The van der Waals surface area contributed by atoms with Crippen molar-refractivity contribution in [2.45, 2.75) is 38.5 Å². The molecule has 0 amide bonds. The number of rotatable bonds is 1. The van der Waals surface area contributed by atoms with Gasteiger partial charge < -0.3 is 11.1 Å². The van der Waals surface area contributed by atoms with E-state index in [-0.39, 0.29) is 11.8 Å². The van der Waals surface area contributed by atoms with E-state index in [1.807, 2.05) is 24.3 Å². The molecule has 4 rings (SSSR count).